The van der Waals surface area contributed by atoms with Crippen LogP contribution >= 0.6 is 0 Å². The van der Waals surface area contributed by atoms with Crippen molar-refractivity contribution in [1.82, 2.24) is 0 Å². The second-order valence-electron chi connectivity index (χ2n) is 4.48. The highest BCUT2D eigenvalue weighted by Gasteiger charge is 2.35. The van der Waals surface area contributed by atoms with Crippen LogP contribution in [0.25, 0.3) is 0 Å². The Morgan fingerprint density at radius 2 is 2.17 bits per heavy atom. The van der Waals surface area contributed by atoms with Gasteiger partial charge in [0.2, 0.25) is 0 Å². The molecular weight excluding hydrogens is 144 g/mol. The maximum absolute atomic E-state index is 2.43. The smallest absolute Gasteiger partial charge is 0.0154 e. The summed E-state index contributed by atoms with van der Waals surface area (Å²) in [6, 6.07) is 0. The predicted molar refractivity (Wildman–Crippen MR) is 50.8 cm³/mol. The van der Waals surface area contributed by atoms with Gasteiger partial charge in [0.05, 0.1) is 0 Å². The van der Waals surface area contributed by atoms with E-state index in [1.807, 2.05) is 5.57 Å². The Labute approximate surface area is 74.4 Å². The largest absolute Gasteiger partial charge is 0.0842 e. The maximum atomic E-state index is 2.43. The van der Waals surface area contributed by atoms with Crippen LogP contribution in [0.3, 0.4) is 0 Å². The van der Waals surface area contributed by atoms with Gasteiger partial charge in [-0.15, -0.1) is 0 Å². The standard InChI is InChI=1S/C12H16/c1-2-6-11-9(4-1)8-10-5-3-7-12(10)11/h2,6,9-10H,1,3-5,7-8H2. The molecule has 0 aromatic rings. The lowest BCUT2D eigenvalue weighted by Crippen LogP contribution is -2.02. The van der Waals surface area contributed by atoms with E-state index in [9.17, 15) is 0 Å². The van der Waals surface area contributed by atoms with Crippen molar-refractivity contribution in [2.24, 2.45) is 11.8 Å². The molecule has 2 unspecified atom stereocenters. The van der Waals surface area contributed by atoms with E-state index in [0.717, 1.165) is 11.8 Å². The quantitative estimate of drug-likeness (QED) is 0.509. The lowest BCUT2D eigenvalue weighted by Gasteiger charge is -2.16. The summed E-state index contributed by atoms with van der Waals surface area (Å²) >= 11 is 0. The monoisotopic (exact) mass is 160 g/mol. The average Bonchev–Trinajstić information content (AvgIpc) is 2.62. The highest BCUT2D eigenvalue weighted by atomic mass is 14.4. The molecule has 1 fully saturated rings. The Bertz CT molecular complexity index is 257. The van der Waals surface area contributed by atoms with Crippen LogP contribution in [0, 0.1) is 11.8 Å². The van der Waals surface area contributed by atoms with Crippen LogP contribution in [0.2, 0.25) is 0 Å². The van der Waals surface area contributed by atoms with Crippen LogP contribution in [0.1, 0.15) is 38.5 Å². The zero-order chi connectivity index (χ0) is 7.97. The molecule has 12 heavy (non-hydrogen) atoms. The molecule has 0 aromatic carbocycles. The van der Waals surface area contributed by atoms with Crippen LogP contribution < -0.4 is 0 Å². The minimum Gasteiger partial charge on any atom is -0.0842 e. The van der Waals surface area contributed by atoms with Gasteiger partial charge in [0, 0.05) is 0 Å². The van der Waals surface area contributed by atoms with Crippen molar-refractivity contribution >= 4 is 0 Å². The third kappa shape index (κ3) is 0.840. The van der Waals surface area contributed by atoms with Crippen molar-refractivity contribution in [2.45, 2.75) is 38.5 Å². The second-order valence-corrected chi connectivity index (χ2v) is 4.48. The molecule has 0 radical (unpaired) electrons. The highest BCUT2D eigenvalue weighted by molar-refractivity contribution is 5.37. The fourth-order valence-electron chi connectivity index (χ4n) is 3.31. The predicted octanol–water partition coefficient (Wildman–Crippen LogP) is 3.45. The average molecular weight is 160 g/mol. The maximum Gasteiger partial charge on any atom is -0.0154 e. The van der Waals surface area contributed by atoms with Crippen molar-refractivity contribution in [1.29, 1.82) is 0 Å². The molecule has 0 heterocycles. The Morgan fingerprint density at radius 3 is 3.17 bits per heavy atom. The van der Waals surface area contributed by atoms with Gasteiger partial charge in [0.1, 0.15) is 0 Å². The van der Waals surface area contributed by atoms with Crippen LogP contribution in [0.4, 0.5) is 0 Å². The highest BCUT2D eigenvalue weighted by Crippen LogP contribution is 2.49. The van der Waals surface area contributed by atoms with Gasteiger partial charge in [0.15, 0.2) is 0 Å². The van der Waals surface area contributed by atoms with Crippen molar-refractivity contribution in [3.63, 3.8) is 0 Å². The van der Waals surface area contributed by atoms with E-state index >= 15 is 0 Å². The second kappa shape index (κ2) is 2.48. The van der Waals surface area contributed by atoms with Gasteiger partial charge in [0.25, 0.3) is 0 Å². The molecule has 0 aromatic heterocycles. The Hall–Kier alpha value is -0.520. The third-order valence-electron chi connectivity index (χ3n) is 3.85. The first-order valence-electron chi connectivity index (χ1n) is 5.34. The first-order valence-corrected chi connectivity index (χ1v) is 5.34. The van der Waals surface area contributed by atoms with Crippen LogP contribution in [0.5, 0.6) is 0 Å². The summed E-state index contributed by atoms with van der Waals surface area (Å²) in [7, 11) is 0. The molecule has 0 amide bonds. The summed E-state index contributed by atoms with van der Waals surface area (Å²) in [6.07, 6.45) is 13.4. The van der Waals surface area contributed by atoms with Gasteiger partial charge in [-0.1, -0.05) is 17.7 Å². The molecule has 3 aliphatic carbocycles. The van der Waals surface area contributed by atoms with Crippen molar-refractivity contribution in [3.8, 4) is 0 Å². The zero-order valence-corrected chi connectivity index (χ0v) is 7.55. The molecule has 3 aliphatic rings. The molecule has 0 aliphatic heterocycles. The molecule has 2 atom stereocenters. The van der Waals surface area contributed by atoms with E-state index in [4.69, 9.17) is 0 Å². The number of allylic oxidation sites excluding steroid dienone is 4. The molecule has 0 spiro atoms. The lowest BCUT2D eigenvalue weighted by molar-refractivity contribution is 0.475. The topological polar surface area (TPSA) is 0 Å². The fourth-order valence-corrected chi connectivity index (χ4v) is 3.31. The molecule has 0 saturated heterocycles. The minimum atomic E-state index is 0.968. The van der Waals surface area contributed by atoms with Gasteiger partial charge in [-0.25, -0.2) is 0 Å². The van der Waals surface area contributed by atoms with Gasteiger partial charge in [-0.2, -0.15) is 0 Å². The molecule has 0 nitrogen and oxygen atoms in total. The minimum absolute atomic E-state index is 0.968. The van der Waals surface area contributed by atoms with Gasteiger partial charge in [-0.05, 0) is 55.9 Å². The van der Waals surface area contributed by atoms with Gasteiger partial charge < -0.3 is 0 Å². The summed E-state index contributed by atoms with van der Waals surface area (Å²) in [5, 5.41) is 0. The Morgan fingerprint density at radius 1 is 1.17 bits per heavy atom. The first kappa shape index (κ1) is 6.94. The van der Waals surface area contributed by atoms with Crippen LogP contribution in [-0.4, -0.2) is 0 Å². The summed E-state index contributed by atoms with van der Waals surface area (Å²) in [4.78, 5) is 0. The molecule has 1 saturated carbocycles. The number of rotatable bonds is 0. The first-order chi connectivity index (χ1) is 5.95. The summed E-state index contributed by atoms with van der Waals surface area (Å²) in [5.74, 6) is 1.98. The van der Waals surface area contributed by atoms with Crippen molar-refractivity contribution < 1.29 is 0 Å². The number of hydrogen-bond donors (Lipinski definition) is 0. The summed E-state index contributed by atoms with van der Waals surface area (Å²) in [6.45, 7) is 0. The van der Waals surface area contributed by atoms with E-state index in [1.54, 1.807) is 5.57 Å². The molecule has 0 N–H and O–H groups in total. The van der Waals surface area contributed by atoms with Crippen molar-refractivity contribution in [2.75, 3.05) is 0 Å². The summed E-state index contributed by atoms with van der Waals surface area (Å²) < 4.78 is 0. The molecule has 0 bridgehead atoms. The molecular formula is C12H16. The third-order valence-corrected chi connectivity index (χ3v) is 3.85. The van der Waals surface area contributed by atoms with E-state index < -0.39 is 0 Å². The fraction of sp³-hybridized carbons (Fsp3) is 0.667. The van der Waals surface area contributed by atoms with E-state index in [0.29, 0.717) is 0 Å². The molecule has 64 valence electrons. The van der Waals surface area contributed by atoms with E-state index in [-0.39, 0.29) is 0 Å². The van der Waals surface area contributed by atoms with Crippen LogP contribution in [0.15, 0.2) is 23.3 Å². The van der Waals surface area contributed by atoms with Crippen molar-refractivity contribution in [3.05, 3.63) is 23.3 Å². The Kier molecular flexibility index (Phi) is 1.44. The van der Waals surface area contributed by atoms with Gasteiger partial charge >= 0.3 is 0 Å². The molecule has 3 rings (SSSR count). The van der Waals surface area contributed by atoms with E-state index in [2.05, 4.69) is 12.2 Å². The molecule has 0 heteroatoms. The Balaban J connectivity index is 2.03. The normalized spacial score (nSPS) is 38.7. The summed E-state index contributed by atoms with van der Waals surface area (Å²) in [5.41, 5.74) is 3.60. The van der Waals surface area contributed by atoms with E-state index in [1.165, 1.54) is 38.5 Å². The number of fused-ring (bicyclic) bond motifs is 2. The SMILES string of the molecule is C1=CC2=C3CCCC3CC2CC1. The number of hydrogen-bond acceptors (Lipinski definition) is 0. The van der Waals surface area contributed by atoms with Crippen LogP contribution in [-0.2, 0) is 0 Å². The zero-order valence-electron chi connectivity index (χ0n) is 7.55. The lowest BCUT2D eigenvalue weighted by atomic mass is 9.89. The van der Waals surface area contributed by atoms with Gasteiger partial charge in [-0.3, -0.25) is 0 Å².